The lowest BCUT2D eigenvalue weighted by Gasteiger charge is -2.07. The fourth-order valence-electron chi connectivity index (χ4n) is 1.68. The minimum absolute atomic E-state index is 0.0330. The molecule has 3 nitrogen and oxygen atoms in total. The van der Waals surface area contributed by atoms with Crippen LogP contribution in [0.3, 0.4) is 0 Å². The number of halogens is 2. The third-order valence-electron chi connectivity index (χ3n) is 2.58. The van der Waals surface area contributed by atoms with Gasteiger partial charge in [0.2, 0.25) is 0 Å². The first-order chi connectivity index (χ1) is 9.00. The van der Waals surface area contributed by atoms with Gasteiger partial charge < -0.3 is 5.11 Å². The average molecular weight is 340 g/mol. The zero-order valence-electron chi connectivity index (χ0n) is 9.56. The van der Waals surface area contributed by atoms with Gasteiger partial charge in [0, 0.05) is 15.1 Å². The minimum Gasteiger partial charge on any atom is -0.478 e. The quantitative estimate of drug-likeness (QED) is 0.859. The second-order valence-electron chi connectivity index (χ2n) is 3.80. The number of hydrogen-bond donors (Lipinski definition) is 1. The SMILES string of the molecule is O=C(O)c1cccc(Br)c1C(=O)c1ccc(Cl)cc1. The number of aromatic carboxylic acids is 1. The molecular weight excluding hydrogens is 332 g/mol. The van der Waals surface area contributed by atoms with Gasteiger partial charge in [-0.15, -0.1) is 0 Å². The van der Waals surface area contributed by atoms with Gasteiger partial charge in [0.25, 0.3) is 0 Å². The molecule has 96 valence electrons. The first kappa shape index (κ1) is 13.8. The van der Waals surface area contributed by atoms with Crippen molar-refractivity contribution < 1.29 is 14.7 Å². The van der Waals surface area contributed by atoms with Gasteiger partial charge in [0.15, 0.2) is 5.78 Å². The van der Waals surface area contributed by atoms with Crippen molar-refractivity contribution in [1.29, 1.82) is 0 Å². The standard InChI is InChI=1S/C14H8BrClO3/c15-11-3-1-2-10(14(18)19)12(11)13(17)8-4-6-9(16)7-5-8/h1-7H,(H,18,19). The van der Waals surface area contributed by atoms with Crippen LogP contribution in [-0.4, -0.2) is 16.9 Å². The Morgan fingerprint density at radius 1 is 1.05 bits per heavy atom. The van der Waals surface area contributed by atoms with Crippen molar-refractivity contribution in [3.8, 4) is 0 Å². The van der Waals surface area contributed by atoms with E-state index in [9.17, 15) is 9.59 Å². The Morgan fingerprint density at radius 2 is 1.68 bits per heavy atom. The summed E-state index contributed by atoms with van der Waals surface area (Å²) in [5, 5.41) is 9.65. The third kappa shape index (κ3) is 2.85. The zero-order chi connectivity index (χ0) is 14.0. The summed E-state index contributed by atoms with van der Waals surface area (Å²) in [4.78, 5) is 23.5. The maximum absolute atomic E-state index is 12.4. The Hall–Kier alpha value is -1.65. The third-order valence-corrected chi connectivity index (χ3v) is 3.49. The molecule has 0 unspecified atom stereocenters. The molecule has 0 amide bonds. The van der Waals surface area contributed by atoms with Crippen molar-refractivity contribution in [2.24, 2.45) is 0 Å². The Labute approximate surface area is 123 Å². The van der Waals surface area contributed by atoms with Crippen LogP contribution in [0.2, 0.25) is 5.02 Å². The smallest absolute Gasteiger partial charge is 0.336 e. The summed E-state index contributed by atoms with van der Waals surface area (Å²) in [7, 11) is 0. The molecule has 19 heavy (non-hydrogen) atoms. The fourth-order valence-corrected chi connectivity index (χ4v) is 2.35. The molecule has 2 aromatic rings. The highest BCUT2D eigenvalue weighted by atomic mass is 79.9. The molecule has 0 aliphatic heterocycles. The van der Waals surface area contributed by atoms with E-state index in [2.05, 4.69) is 15.9 Å². The molecule has 0 heterocycles. The summed E-state index contributed by atoms with van der Waals surface area (Å²) < 4.78 is 0.451. The topological polar surface area (TPSA) is 54.4 Å². The van der Waals surface area contributed by atoms with Crippen molar-refractivity contribution in [1.82, 2.24) is 0 Å². The van der Waals surface area contributed by atoms with Crippen molar-refractivity contribution >= 4 is 39.3 Å². The number of carbonyl (C=O) groups is 2. The van der Waals surface area contributed by atoms with Crippen molar-refractivity contribution in [2.75, 3.05) is 0 Å². The normalized spacial score (nSPS) is 10.2. The Kier molecular flexibility index (Phi) is 4.02. The highest BCUT2D eigenvalue weighted by Crippen LogP contribution is 2.24. The molecule has 1 N–H and O–H groups in total. The molecule has 0 saturated carbocycles. The first-order valence-electron chi connectivity index (χ1n) is 5.33. The van der Waals surface area contributed by atoms with Gasteiger partial charge in [0.1, 0.15) is 0 Å². The number of carboxylic acid groups (broad SMARTS) is 1. The lowest BCUT2D eigenvalue weighted by molar-refractivity contribution is 0.0692. The largest absolute Gasteiger partial charge is 0.478 e. The zero-order valence-corrected chi connectivity index (χ0v) is 11.9. The van der Waals surface area contributed by atoms with E-state index in [0.29, 0.717) is 15.1 Å². The predicted molar refractivity (Wildman–Crippen MR) is 76.0 cm³/mol. The molecule has 0 aromatic heterocycles. The van der Waals surface area contributed by atoms with Crippen LogP contribution in [-0.2, 0) is 0 Å². The number of hydrogen-bond acceptors (Lipinski definition) is 2. The number of benzene rings is 2. The van der Waals surface area contributed by atoms with E-state index in [-0.39, 0.29) is 16.9 Å². The summed E-state index contributed by atoms with van der Waals surface area (Å²) in [6.45, 7) is 0. The molecule has 0 radical (unpaired) electrons. The van der Waals surface area contributed by atoms with Crippen LogP contribution in [0.4, 0.5) is 0 Å². The van der Waals surface area contributed by atoms with E-state index in [0.717, 1.165) is 0 Å². The van der Waals surface area contributed by atoms with Gasteiger partial charge in [-0.1, -0.05) is 33.6 Å². The summed E-state index contributed by atoms with van der Waals surface area (Å²) in [5.74, 6) is -1.50. The van der Waals surface area contributed by atoms with Gasteiger partial charge in [-0.3, -0.25) is 4.79 Å². The summed E-state index contributed by atoms with van der Waals surface area (Å²) in [6.07, 6.45) is 0. The van der Waals surface area contributed by atoms with Crippen LogP contribution in [0.5, 0.6) is 0 Å². The molecule has 2 aromatic carbocycles. The maximum atomic E-state index is 12.4. The molecule has 0 aliphatic rings. The molecule has 0 fully saturated rings. The monoisotopic (exact) mass is 338 g/mol. The fraction of sp³-hybridized carbons (Fsp3) is 0. The van der Waals surface area contributed by atoms with E-state index in [1.165, 1.54) is 6.07 Å². The Balaban J connectivity index is 2.55. The van der Waals surface area contributed by atoms with E-state index in [4.69, 9.17) is 16.7 Å². The van der Waals surface area contributed by atoms with E-state index < -0.39 is 5.97 Å². The number of carboxylic acids is 1. The molecule has 0 atom stereocenters. The van der Waals surface area contributed by atoms with Crippen LogP contribution >= 0.6 is 27.5 Å². The van der Waals surface area contributed by atoms with Crippen LogP contribution in [0, 0.1) is 0 Å². The molecular formula is C14H8BrClO3. The average Bonchev–Trinajstić information content (AvgIpc) is 2.38. The number of rotatable bonds is 3. The summed E-state index contributed by atoms with van der Waals surface area (Å²) >= 11 is 8.98. The lowest BCUT2D eigenvalue weighted by Crippen LogP contribution is -2.10. The maximum Gasteiger partial charge on any atom is 0.336 e. The van der Waals surface area contributed by atoms with Gasteiger partial charge in [-0.05, 0) is 36.4 Å². The van der Waals surface area contributed by atoms with Crippen molar-refractivity contribution in [3.05, 3.63) is 68.7 Å². The molecule has 2 rings (SSSR count). The molecule has 0 aliphatic carbocycles. The van der Waals surface area contributed by atoms with Gasteiger partial charge in [-0.25, -0.2) is 4.79 Å². The lowest BCUT2D eigenvalue weighted by atomic mass is 9.98. The predicted octanol–water partition coefficient (Wildman–Crippen LogP) is 4.03. The van der Waals surface area contributed by atoms with E-state index in [1.54, 1.807) is 36.4 Å². The van der Waals surface area contributed by atoms with Gasteiger partial charge in [0.05, 0.1) is 11.1 Å². The number of carbonyl (C=O) groups excluding carboxylic acids is 1. The second kappa shape index (κ2) is 5.55. The summed E-state index contributed by atoms with van der Waals surface area (Å²) in [5.41, 5.74) is 0.491. The Bertz CT molecular complexity index is 650. The number of ketones is 1. The molecule has 0 spiro atoms. The highest BCUT2D eigenvalue weighted by molar-refractivity contribution is 9.10. The highest BCUT2D eigenvalue weighted by Gasteiger charge is 2.20. The van der Waals surface area contributed by atoms with Crippen LogP contribution in [0.15, 0.2) is 46.9 Å². The van der Waals surface area contributed by atoms with Crippen LogP contribution in [0.25, 0.3) is 0 Å². The molecule has 0 bridgehead atoms. The van der Waals surface area contributed by atoms with Gasteiger partial charge in [-0.2, -0.15) is 0 Å². The van der Waals surface area contributed by atoms with Crippen molar-refractivity contribution in [3.63, 3.8) is 0 Å². The first-order valence-corrected chi connectivity index (χ1v) is 6.50. The van der Waals surface area contributed by atoms with E-state index >= 15 is 0 Å². The van der Waals surface area contributed by atoms with Gasteiger partial charge >= 0.3 is 5.97 Å². The van der Waals surface area contributed by atoms with Crippen molar-refractivity contribution in [2.45, 2.75) is 0 Å². The minimum atomic E-state index is -1.14. The summed E-state index contributed by atoms with van der Waals surface area (Å²) in [6, 6.07) is 10.9. The van der Waals surface area contributed by atoms with Crippen LogP contribution in [0.1, 0.15) is 26.3 Å². The molecule has 0 saturated heterocycles. The Morgan fingerprint density at radius 3 is 2.26 bits per heavy atom. The van der Waals surface area contributed by atoms with Crippen LogP contribution < -0.4 is 0 Å². The van der Waals surface area contributed by atoms with E-state index in [1.807, 2.05) is 0 Å². The molecule has 5 heteroatoms. The second-order valence-corrected chi connectivity index (χ2v) is 5.09.